The molecule has 1 atom stereocenters. The van der Waals surface area contributed by atoms with E-state index in [1.165, 1.54) is 43.5 Å². The molecule has 8 nitrogen and oxygen atoms in total. The summed E-state index contributed by atoms with van der Waals surface area (Å²) in [4.78, 5) is -0.850. The fraction of sp³-hybridized carbons (Fsp3) is 0.294. The maximum absolute atomic E-state index is 12.6. The molecule has 0 spiro atoms. The quantitative estimate of drug-likeness (QED) is 0.513. The lowest BCUT2D eigenvalue weighted by atomic mass is 10.3. The number of sulfone groups is 1. The van der Waals surface area contributed by atoms with Gasteiger partial charge in [-0.3, -0.25) is 0 Å². The van der Waals surface area contributed by atoms with E-state index in [2.05, 4.69) is 0 Å². The van der Waals surface area contributed by atoms with Crippen LogP contribution in [0, 0.1) is 0 Å². The Kier molecular flexibility index (Phi) is 6.34. The van der Waals surface area contributed by atoms with Gasteiger partial charge < -0.3 is 18.8 Å². The third-order valence-electron chi connectivity index (χ3n) is 3.43. The number of methoxy groups -OCH3 is 1. The van der Waals surface area contributed by atoms with Crippen LogP contribution in [0.25, 0.3) is 0 Å². The van der Waals surface area contributed by atoms with Crippen LogP contribution in [0.5, 0.6) is 17.2 Å². The van der Waals surface area contributed by atoms with E-state index in [-0.39, 0.29) is 22.1 Å². The minimum Gasteiger partial charge on any atom is -0.496 e. The van der Waals surface area contributed by atoms with Gasteiger partial charge in [0, 0.05) is 30.9 Å². The molecule has 148 valence electrons. The third-order valence-corrected chi connectivity index (χ3v) is 6.03. The highest BCUT2D eigenvalue weighted by Crippen LogP contribution is 2.31. The Labute approximate surface area is 158 Å². The van der Waals surface area contributed by atoms with E-state index in [0.717, 1.165) is 12.3 Å². The van der Waals surface area contributed by atoms with Crippen molar-refractivity contribution in [2.75, 3.05) is 13.4 Å². The second-order valence-corrected chi connectivity index (χ2v) is 9.08. The molecular formula is C17H20O8S2. The second kappa shape index (κ2) is 8.15. The number of benzene rings is 2. The van der Waals surface area contributed by atoms with E-state index in [4.69, 9.17) is 13.7 Å². The molecule has 0 aliphatic carbocycles. The first-order chi connectivity index (χ1) is 12.6. The lowest BCUT2D eigenvalue weighted by Crippen LogP contribution is -2.15. The van der Waals surface area contributed by atoms with Crippen LogP contribution in [0.2, 0.25) is 0 Å². The monoisotopic (exact) mass is 416 g/mol. The van der Waals surface area contributed by atoms with Crippen molar-refractivity contribution in [3.05, 3.63) is 42.5 Å². The Hall–Kier alpha value is -2.30. The van der Waals surface area contributed by atoms with Crippen LogP contribution >= 0.6 is 0 Å². The minimum atomic E-state index is -4.46. The van der Waals surface area contributed by atoms with Gasteiger partial charge in [0.25, 0.3) is 0 Å². The van der Waals surface area contributed by atoms with Crippen molar-refractivity contribution in [3.63, 3.8) is 0 Å². The molecule has 0 saturated carbocycles. The lowest BCUT2D eigenvalue weighted by Gasteiger charge is -2.15. The normalized spacial score (nSPS) is 13.0. The lowest BCUT2D eigenvalue weighted by molar-refractivity contribution is -0.0192. The molecule has 10 heteroatoms. The van der Waals surface area contributed by atoms with Crippen molar-refractivity contribution in [1.29, 1.82) is 0 Å². The second-order valence-electron chi connectivity index (χ2n) is 5.58. The van der Waals surface area contributed by atoms with Gasteiger partial charge in [0.2, 0.25) is 0 Å². The van der Waals surface area contributed by atoms with Crippen LogP contribution in [0.15, 0.2) is 52.3 Å². The molecule has 0 aromatic heterocycles. The van der Waals surface area contributed by atoms with Gasteiger partial charge in [0.05, 0.1) is 12.0 Å². The molecule has 0 saturated heterocycles. The van der Waals surface area contributed by atoms with Gasteiger partial charge >= 0.3 is 10.1 Å². The average Bonchev–Trinajstić information content (AvgIpc) is 2.60. The van der Waals surface area contributed by atoms with Crippen molar-refractivity contribution < 1.29 is 35.6 Å². The van der Waals surface area contributed by atoms with Crippen LogP contribution in [0.3, 0.4) is 0 Å². The van der Waals surface area contributed by atoms with Crippen LogP contribution in [0.4, 0.5) is 0 Å². The van der Waals surface area contributed by atoms with Crippen molar-refractivity contribution in [3.8, 4) is 17.2 Å². The number of aliphatic hydroxyl groups is 1. The van der Waals surface area contributed by atoms with Crippen LogP contribution < -0.4 is 13.7 Å². The molecule has 27 heavy (non-hydrogen) atoms. The molecule has 2 aromatic carbocycles. The van der Waals surface area contributed by atoms with Crippen molar-refractivity contribution in [2.24, 2.45) is 0 Å². The summed E-state index contributed by atoms with van der Waals surface area (Å²) >= 11 is 0. The van der Waals surface area contributed by atoms with Crippen molar-refractivity contribution >= 4 is 20.0 Å². The standard InChI is InChI=1S/C17H20O8S2/c1-4-17(18)24-13-9-12(23-2)10-14(11-13)25-27(21,22)16-8-6-5-7-15(16)26(3,19)20/h5-11,17-18H,4H2,1-3H3. The Balaban J connectivity index is 2.46. The van der Waals surface area contributed by atoms with Crippen LogP contribution in [0.1, 0.15) is 13.3 Å². The highest BCUT2D eigenvalue weighted by molar-refractivity contribution is 7.92. The number of hydrogen-bond acceptors (Lipinski definition) is 8. The molecule has 2 rings (SSSR count). The summed E-state index contributed by atoms with van der Waals surface area (Å²) in [6, 6.07) is 9.13. The number of hydrogen-bond donors (Lipinski definition) is 1. The van der Waals surface area contributed by atoms with Crippen molar-refractivity contribution in [1.82, 2.24) is 0 Å². The van der Waals surface area contributed by atoms with Crippen molar-refractivity contribution in [2.45, 2.75) is 29.4 Å². The molecule has 1 N–H and O–H groups in total. The summed E-state index contributed by atoms with van der Waals surface area (Å²) in [5, 5.41) is 9.61. The predicted octanol–water partition coefficient (Wildman–Crippen LogP) is 1.97. The van der Waals surface area contributed by atoms with Gasteiger partial charge in [-0.05, 0) is 12.1 Å². The van der Waals surface area contributed by atoms with E-state index in [0.29, 0.717) is 6.42 Å². The summed E-state index contributed by atoms with van der Waals surface area (Å²) in [6.45, 7) is 1.70. The molecule has 0 aliphatic heterocycles. The fourth-order valence-electron chi connectivity index (χ4n) is 2.15. The Bertz CT molecular complexity index is 1010. The molecule has 0 heterocycles. The first kappa shape index (κ1) is 21.0. The molecule has 0 radical (unpaired) electrons. The summed E-state index contributed by atoms with van der Waals surface area (Å²) in [6.07, 6.45) is 0.130. The fourth-order valence-corrected chi connectivity index (χ4v) is 4.67. The largest absolute Gasteiger partial charge is 0.496 e. The zero-order valence-corrected chi connectivity index (χ0v) is 16.6. The van der Waals surface area contributed by atoms with E-state index >= 15 is 0 Å². The molecule has 0 aliphatic rings. The van der Waals surface area contributed by atoms with Gasteiger partial charge in [-0.25, -0.2) is 8.42 Å². The average molecular weight is 416 g/mol. The van der Waals surface area contributed by atoms with Gasteiger partial charge in [0.1, 0.15) is 22.1 Å². The van der Waals surface area contributed by atoms with Gasteiger partial charge in [-0.2, -0.15) is 8.42 Å². The Morgan fingerprint density at radius 2 is 1.52 bits per heavy atom. The summed E-state index contributed by atoms with van der Waals surface area (Å²) in [5.74, 6) is 0.207. The zero-order valence-electron chi connectivity index (χ0n) is 14.9. The highest BCUT2D eigenvalue weighted by atomic mass is 32.2. The summed E-state index contributed by atoms with van der Waals surface area (Å²) in [5.41, 5.74) is 0. The molecule has 1 unspecified atom stereocenters. The first-order valence-corrected chi connectivity index (χ1v) is 11.1. The van der Waals surface area contributed by atoms with Gasteiger partial charge in [-0.15, -0.1) is 0 Å². The van der Waals surface area contributed by atoms with E-state index < -0.39 is 31.1 Å². The highest BCUT2D eigenvalue weighted by Gasteiger charge is 2.26. The first-order valence-electron chi connectivity index (χ1n) is 7.84. The van der Waals surface area contributed by atoms with E-state index in [1.54, 1.807) is 6.92 Å². The smallest absolute Gasteiger partial charge is 0.340 e. The molecular weight excluding hydrogens is 396 g/mol. The van der Waals surface area contributed by atoms with E-state index in [9.17, 15) is 21.9 Å². The Morgan fingerprint density at radius 3 is 2.07 bits per heavy atom. The predicted molar refractivity (Wildman–Crippen MR) is 97.3 cm³/mol. The topological polar surface area (TPSA) is 116 Å². The molecule has 2 aromatic rings. The number of aliphatic hydroxyl groups excluding tert-OH is 1. The zero-order chi connectivity index (χ0) is 20.2. The third kappa shape index (κ3) is 5.34. The SMILES string of the molecule is CCC(O)Oc1cc(OC)cc(OS(=O)(=O)c2ccccc2S(C)(=O)=O)c1. The van der Waals surface area contributed by atoms with E-state index in [1.807, 2.05) is 0 Å². The number of rotatable bonds is 8. The summed E-state index contributed by atoms with van der Waals surface area (Å²) < 4.78 is 64.4. The minimum absolute atomic E-state index is 0.130. The molecule has 0 amide bonds. The molecule has 0 bridgehead atoms. The maximum Gasteiger partial charge on any atom is 0.340 e. The molecule has 0 fully saturated rings. The van der Waals surface area contributed by atoms with Gasteiger partial charge in [-0.1, -0.05) is 19.1 Å². The maximum atomic E-state index is 12.6. The van der Waals surface area contributed by atoms with Gasteiger partial charge in [0.15, 0.2) is 16.1 Å². The summed E-state index contributed by atoms with van der Waals surface area (Å²) in [7, 11) is -6.88. The van der Waals surface area contributed by atoms with Crippen LogP contribution in [-0.4, -0.2) is 41.6 Å². The number of ether oxygens (including phenoxy) is 2. The Morgan fingerprint density at radius 1 is 0.963 bits per heavy atom. The van der Waals surface area contributed by atoms with Crippen LogP contribution in [-0.2, 0) is 20.0 Å².